The highest BCUT2D eigenvalue weighted by Gasteiger charge is 2.31. The molecule has 0 spiro atoms. The number of hydrogen-bond acceptors (Lipinski definition) is 7. The number of ether oxygens (including phenoxy) is 2. The van der Waals surface area contributed by atoms with E-state index in [4.69, 9.17) is 20.2 Å². The molecule has 7 nitrogen and oxygen atoms in total. The molecule has 3 heterocycles. The number of aromatic nitrogens is 3. The number of pyridine rings is 1. The van der Waals surface area contributed by atoms with Crippen molar-refractivity contribution in [3.8, 4) is 28.0 Å². The molecule has 3 aromatic carbocycles. The average molecular weight is 547 g/mol. The summed E-state index contributed by atoms with van der Waals surface area (Å²) in [5.74, 6) is 1.03. The number of anilines is 1. The van der Waals surface area contributed by atoms with Gasteiger partial charge in [0.15, 0.2) is 5.78 Å². The van der Waals surface area contributed by atoms with Crippen LogP contribution in [-0.4, -0.2) is 32.9 Å². The summed E-state index contributed by atoms with van der Waals surface area (Å²) >= 11 is 0. The molecular formula is C34H34N4O3. The first-order valence-electron chi connectivity index (χ1n) is 13.9. The van der Waals surface area contributed by atoms with E-state index in [-0.39, 0.29) is 11.7 Å². The maximum absolute atomic E-state index is 13.3. The Morgan fingerprint density at radius 1 is 1.00 bits per heavy atom. The lowest BCUT2D eigenvalue weighted by Gasteiger charge is -2.30. The molecule has 208 valence electrons. The first-order valence-corrected chi connectivity index (χ1v) is 13.9. The minimum absolute atomic E-state index is 0.0463. The van der Waals surface area contributed by atoms with Gasteiger partial charge in [-0.05, 0) is 104 Å². The SMILES string of the molecule is CC(=O)C(OC(C)(C)C)c1c(C)cc2c(C)c(-c3cnc(N)nc3)ccc2c1-c1ccc2c3c(ccnc13)CCO2. The lowest BCUT2D eigenvalue weighted by molar-refractivity contribution is -0.138. The molecule has 0 saturated carbocycles. The van der Waals surface area contributed by atoms with Crippen LogP contribution in [0.3, 0.4) is 0 Å². The maximum atomic E-state index is 13.3. The van der Waals surface area contributed by atoms with Gasteiger partial charge in [-0.15, -0.1) is 0 Å². The Hall–Kier alpha value is -4.36. The van der Waals surface area contributed by atoms with Crippen LogP contribution in [0.5, 0.6) is 5.75 Å². The van der Waals surface area contributed by atoms with Gasteiger partial charge in [-0.1, -0.05) is 18.2 Å². The van der Waals surface area contributed by atoms with E-state index in [1.807, 2.05) is 33.0 Å². The normalized spacial score (nSPS) is 13.8. The monoisotopic (exact) mass is 546 g/mol. The summed E-state index contributed by atoms with van der Waals surface area (Å²) in [4.78, 5) is 26.6. The van der Waals surface area contributed by atoms with Crippen LogP contribution in [0.25, 0.3) is 43.9 Å². The Morgan fingerprint density at radius 2 is 1.73 bits per heavy atom. The van der Waals surface area contributed by atoms with Gasteiger partial charge in [0.1, 0.15) is 11.9 Å². The van der Waals surface area contributed by atoms with Gasteiger partial charge in [-0.25, -0.2) is 9.97 Å². The van der Waals surface area contributed by atoms with Crippen LogP contribution in [-0.2, 0) is 16.0 Å². The molecule has 0 bridgehead atoms. The van der Waals surface area contributed by atoms with E-state index in [0.29, 0.717) is 6.61 Å². The van der Waals surface area contributed by atoms with Crippen LogP contribution in [0.15, 0.2) is 55.0 Å². The van der Waals surface area contributed by atoms with Crippen molar-refractivity contribution in [3.05, 3.63) is 77.2 Å². The summed E-state index contributed by atoms with van der Waals surface area (Å²) < 4.78 is 12.5. The van der Waals surface area contributed by atoms with Crippen molar-refractivity contribution in [1.82, 2.24) is 15.0 Å². The van der Waals surface area contributed by atoms with Crippen molar-refractivity contribution in [3.63, 3.8) is 0 Å². The van der Waals surface area contributed by atoms with Gasteiger partial charge in [0, 0.05) is 41.5 Å². The predicted molar refractivity (Wildman–Crippen MR) is 163 cm³/mol. The largest absolute Gasteiger partial charge is 0.493 e. The van der Waals surface area contributed by atoms with Crippen molar-refractivity contribution in [2.75, 3.05) is 12.3 Å². The first kappa shape index (κ1) is 26.8. The third-order valence-electron chi connectivity index (χ3n) is 7.76. The third kappa shape index (κ3) is 4.70. The highest BCUT2D eigenvalue weighted by molar-refractivity contribution is 6.10. The number of nitrogen functional groups attached to an aromatic ring is 1. The van der Waals surface area contributed by atoms with Crippen LogP contribution in [0.1, 0.15) is 56.1 Å². The highest BCUT2D eigenvalue weighted by Crippen LogP contribution is 2.46. The molecular weight excluding hydrogens is 512 g/mol. The fourth-order valence-corrected chi connectivity index (χ4v) is 5.99. The number of hydrogen-bond donors (Lipinski definition) is 1. The summed E-state index contributed by atoms with van der Waals surface area (Å²) in [6, 6.07) is 12.5. The van der Waals surface area contributed by atoms with E-state index in [1.54, 1.807) is 19.3 Å². The Labute approximate surface area is 239 Å². The molecule has 6 rings (SSSR count). The number of aryl methyl sites for hydroxylation is 2. The molecule has 1 aliphatic heterocycles. The number of nitrogens with zero attached hydrogens (tertiary/aromatic N) is 3. The zero-order valence-electron chi connectivity index (χ0n) is 24.3. The van der Waals surface area contributed by atoms with E-state index in [2.05, 4.69) is 54.1 Å². The van der Waals surface area contributed by atoms with E-state index < -0.39 is 11.7 Å². The Balaban J connectivity index is 1.72. The second-order valence-corrected chi connectivity index (χ2v) is 11.8. The topological polar surface area (TPSA) is 100 Å². The van der Waals surface area contributed by atoms with Crippen molar-refractivity contribution < 1.29 is 14.3 Å². The molecule has 5 aromatic rings. The number of carbonyl (C=O) groups is 1. The Morgan fingerprint density at radius 3 is 2.44 bits per heavy atom. The van der Waals surface area contributed by atoms with Gasteiger partial charge >= 0.3 is 0 Å². The molecule has 41 heavy (non-hydrogen) atoms. The summed E-state index contributed by atoms with van der Waals surface area (Å²) in [5.41, 5.74) is 14.0. The zero-order chi connectivity index (χ0) is 29.1. The standard InChI is InChI=1S/C34H34N4O3/c1-18-15-26-19(2)23(22-16-37-33(35)38-17-22)7-8-24(26)30(28(18)32(20(3)39)41-34(4,5)6)25-9-10-27-29-21(12-14-40-27)11-13-36-31(25)29/h7-11,13,15-17,32H,12,14H2,1-6H3,(H2,35,37,38). The lowest BCUT2D eigenvalue weighted by Crippen LogP contribution is -2.27. The zero-order valence-corrected chi connectivity index (χ0v) is 24.3. The smallest absolute Gasteiger partial charge is 0.219 e. The molecule has 2 aromatic heterocycles. The van der Waals surface area contributed by atoms with Gasteiger partial charge in [0.05, 0.1) is 17.7 Å². The second kappa shape index (κ2) is 9.93. The fraction of sp³-hybridized carbons (Fsp3) is 0.294. The van der Waals surface area contributed by atoms with Crippen LogP contribution in [0.4, 0.5) is 5.95 Å². The van der Waals surface area contributed by atoms with Crippen LogP contribution >= 0.6 is 0 Å². The minimum atomic E-state index is -0.748. The number of fused-ring (bicyclic) bond motifs is 1. The van der Waals surface area contributed by atoms with Gasteiger partial charge in [0.25, 0.3) is 0 Å². The first-order chi connectivity index (χ1) is 19.5. The molecule has 1 aliphatic rings. The third-order valence-corrected chi connectivity index (χ3v) is 7.76. The maximum Gasteiger partial charge on any atom is 0.219 e. The molecule has 0 amide bonds. The van der Waals surface area contributed by atoms with Gasteiger partial charge in [0.2, 0.25) is 5.95 Å². The molecule has 7 heteroatoms. The van der Waals surface area contributed by atoms with Crippen molar-refractivity contribution in [2.24, 2.45) is 0 Å². The molecule has 1 unspecified atom stereocenters. The van der Waals surface area contributed by atoms with Crippen LogP contribution < -0.4 is 10.5 Å². The van der Waals surface area contributed by atoms with Gasteiger partial charge < -0.3 is 15.2 Å². The van der Waals surface area contributed by atoms with Gasteiger partial charge in [-0.3, -0.25) is 9.78 Å². The van der Waals surface area contributed by atoms with E-state index in [9.17, 15) is 4.79 Å². The number of benzene rings is 3. The van der Waals surface area contributed by atoms with Crippen molar-refractivity contribution >= 4 is 33.4 Å². The number of Topliss-reactive ketones (excluding diaryl/α,β-unsaturated/α-hetero) is 1. The predicted octanol–water partition coefficient (Wildman–Crippen LogP) is 7.09. The fourth-order valence-electron chi connectivity index (χ4n) is 5.99. The van der Waals surface area contributed by atoms with Crippen LogP contribution in [0.2, 0.25) is 0 Å². The quantitative estimate of drug-likeness (QED) is 0.251. The number of ketones is 1. The molecule has 0 saturated heterocycles. The number of rotatable bonds is 5. The van der Waals surface area contributed by atoms with E-state index >= 15 is 0 Å². The summed E-state index contributed by atoms with van der Waals surface area (Å²) in [5, 5.41) is 3.12. The molecule has 0 aliphatic carbocycles. The second-order valence-electron chi connectivity index (χ2n) is 11.8. The summed E-state index contributed by atoms with van der Waals surface area (Å²) in [6.45, 7) is 12.3. The van der Waals surface area contributed by atoms with Gasteiger partial charge in [-0.2, -0.15) is 0 Å². The Bertz CT molecular complexity index is 1830. The van der Waals surface area contributed by atoms with Crippen LogP contribution in [0, 0.1) is 13.8 Å². The summed E-state index contributed by atoms with van der Waals surface area (Å²) in [6.07, 6.45) is 5.44. The molecule has 0 radical (unpaired) electrons. The minimum Gasteiger partial charge on any atom is -0.493 e. The molecule has 2 N–H and O–H groups in total. The van der Waals surface area contributed by atoms with E-state index in [1.165, 1.54) is 5.56 Å². The lowest BCUT2D eigenvalue weighted by atomic mass is 9.83. The average Bonchev–Trinajstić information content (AvgIpc) is 2.93. The number of nitrogens with two attached hydrogens (primary N) is 1. The molecule has 1 atom stereocenters. The van der Waals surface area contributed by atoms with Crippen molar-refractivity contribution in [1.29, 1.82) is 0 Å². The highest BCUT2D eigenvalue weighted by atomic mass is 16.5. The summed E-state index contributed by atoms with van der Waals surface area (Å²) in [7, 11) is 0. The van der Waals surface area contributed by atoms with Crippen molar-refractivity contribution in [2.45, 2.75) is 59.7 Å². The molecule has 0 fully saturated rings. The van der Waals surface area contributed by atoms with E-state index in [0.717, 1.165) is 72.8 Å². The Kier molecular flexibility index (Phi) is 6.50. The number of carbonyl (C=O) groups excluding carboxylic acids is 1.